The molecule has 0 radical (unpaired) electrons. The minimum Gasteiger partial charge on any atom is -0.456 e. The Morgan fingerprint density at radius 1 is 0.514 bits per heavy atom. The Morgan fingerprint density at radius 2 is 1.12 bits per heavy atom. The highest BCUT2D eigenvalue weighted by molar-refractivity contribution is 7.26. The second kappa shape index (κ2) is 13.7. The molecule has 0 atom stereocenters. The van der Waals surface area contributed by atoms with Crippen molar-refractivity contribution in [2.45, 2.75) is 129 Å². The van der Waals surface area contributed by atoms with Gasteiger partial charge in [0.25, 0.3) is 0 Å². The Balaban J connectivity index is 1.13. The maximum atomic E-state index is 7.42. The lowest BCUT2D eigenvalue weighted by Crippen LogP contribution is -2.60. The summed E-state index contributed by atoms with van der Waals surface area (Å²) in [6.07, 6.45) is 4.61. The van der Waals surface area contributed by atoms with Crippen molar-refractivity contribution in [1.29, 1.82) is 0 Å². The number of furan rings is 2. The van der Waals surface area contributed by atoms with E-state index in [9.17, 15) is 0 Å². The number of aromatic nitrogens is 1. The van der Waals surface area contributed by atoms with E-state index in [1.54, 1.807) is 0 Å². The predicted octanol–water partition coefficient (Wildman–Crippen LogP) is 18.2. The fourth-order valence-electron chi connectivity index (χ4n) is 14.8. The summed E-state index contributed by atoms with van der Waals surface area (Å²) >= 11 is 1.91. The van der Waals surface area contributed by atoms with Gasteiger partial charge in [-0.2, -0.15) is 0 Å². The SMILES string of the molecule is CC(C)(C)c1ccc(N2B3c4cc5c(cc4-n4c6cc7c(cc6c6c8oc9ccccc9c8c(c3c64)-c3cc4c(cc32)oc2cc3c(cc24)C(C)(C)CCC3(C)C)C(C)(C)CCC7(C)C)sc2ccccc25)cc1. The molecule has 0 bridgehead atoms. The second-order valence-corrected chi connectivity index (χ2v) is 27.6. The van der Waals surface area contributed by atoms with Crippen LogP contribution < -0.4 is 15.7 Å². The zero-order chi connectivity index (χ0) is 50.5. The van der Waals surface area contributed by atoms with E-state index in [-0.39, 0.29) is 33.9 Å². The number of anilines is 2. The Labute approximate surface area is 437 Å². The van der Waals surface area contributed by atoms with Crippen molar-refractivity contribution in [1.82, 2.24) is 4.57 Å². The fourth-order valence-corrected chi connectivity index (χ4v) is 15.9. The van der Waals surface area contributed by atoms with Crippen LogP contribution in [0.3, 0.4) is 0 Å². The molecule has 74 heavy (non-hydrogen) atoms. The highest BCUT2D eigenvalue weighted by Gasteiger charge is 2.48. The number of hydrogen-bond acceptors (Lipinski definition) is 4. The second-order valence-electron chi connectivity index (χ2n) is 26.5. The first-order chi connectivity index (χ1) is 35.3. The van der Waals surface area contributed by atoms with Gasteiger partial charge in [0, 0.05) is 75.8 Å². The van der Waals surface area contributed by atoms with Crippen LogP contribution in [0.5, 0.6) is 0 Å². The Kier molecular flexibility index (Phi) is 8.10. The lowest BCUT2D eigenvalue weighted by atomic mass is 9.43. The Hall–Kier alpha value is -6.76. The monoisotopic (exact) mass is 980 g/mol. The third-order valence-electron chi connectivity index (χ3n) is 19.2. The standard InChI is InChI=1S/C68H61BN2O2S/c1-64(2,3)36-20-22-37(23-21-36)71-51-34-55-40(41-29-45-48(33-54(41)72-55)68(10,11)27-25-65(45,4)5)28-43(51)58-59-39-17-12-14-18-53(39)73-63(59)60-44-30-46-47(67(8,9)26-24-66(46,6)7)32-50(44)70-52-35-57-42(38-16-13-15-19-56(38)74-57)31-49(52)69(71)61(58)62(60)70/h12-23,28-35H,24-27H2,1-11H3. The van der Waals surface area contributed by atoms with Crippen LogP contribution in [0.25, 0.3) is 103 Å². The molecule has 0 unspecified atom stereocenters. The lowest BCUT2D eigenvalue weighted by Gasteiger charge is -2.42. The van der Waals surface area contributed by atoms with Crippen molar-refractivity contribution in [2.75, 3.05) is 4.81 Å². The fraction of sp³-hybridized carbons (Fsp3) is 0.294. The molecule has 0 spiro atoms. The molecule has 0 saturated carbocycles. The largest absolute Gasteiger partial charge is 0.456 e. The summed E-state index contributed by atoms with van der Waals surface area (Å²) in [5, 5.41) is 9.84. The van der Waals surface area contributed by atoms with Crippen molar-refractivity contribution in [3.8, 4) is 16.8 Å². The Bertz CT molecular complexity index is 4540. The van der Waals surface area contributed by atoms with Crippen LogP contribution in [0.2, 0.25) is 0 Å². The van der Waals surface area contributed by atoms with Crippen LogP contribution in [0.1, 0.15) is 130 Å². The van der Waals surface area contributed by atoms with Gasteiger partial charge in [0.15, 0.2) is 0 Å². The molecule has 4 nitrogen and oxygen atoms in total. The number of rotatable bonds is 1. The van der Waals surface area contributed by atoms with Crippen LogP contribution in [-0.4, -0.2) is 11.4 Å². The topological polar surface area (TPSA) is 34.5 Å². The number of thiophene rings is 1. The summed E-state index contributed by atoms with van der Waals surface area (Å²) in [5.74, 6) is 0. The average Bonchev–Trinajstić information content (AvgIpc) is 4.13. The minimum absolute atomic E-state index is 0.0000625. The first kappa shape index (κ1) is 43.6. The molecule has 0 saturated heterocycles. The van der Waals surface area contributed by atoms with Gasteiger partial charge in [0.1, 0.15) is 22.3 Å². The number of para-hydroxylation sites is 1. The van der Waals surface area contributed by atoms with E-state index in [2.05, 4.69) is 207 Å². The highest BCUT2D eigenvalue weighted by atomic mass is 32.1. The van der Waals surface area contributed by atoms with E-state index >= 15 is 0 Å². The molecule has 16 rings (SSSR count). The third kappa shape index (κ3) is 5.50. The summed E-state index contributed by atoms with van der Waals surface area (Å²) in [6.45, 7) is 26.3. The van der Waals surface area contributed by atoms with Crippen molar-refractivity contribution in [3.05, 3.63) is 149 Å². The maximum absolute atomic E-state index is 7.42. The normalized spacial score (nSPS) is 18.1. The molecule has 0 N–H and O–H groups in total. The first-order valence-electron chi connectivity index (χ1n) is 27.2. The van der Waals surface area contributed by atoms with E-state index in [1.807, 2.05) is 11.3 Å². The van der Waals surface area contributed by atoms with E-state index in [0.29, 0.717) is 0 Å². The molecular weight excluding hydrogens is 920 g/mol. The van der Waals surface area contributed by atoms with E-state index in [0.717, 1.165) is 64.5 Å². The summed E-state index contributed by atoms with van der Waals surface area (Å²) in [6, 6.07) is 47.5. The van der Waals surface area contributed by atoms with Gasteiger partial charge in [-0.1, -0.05) is 131 Å². The van der Waals surface area contributed by atoms with E-state index in [1.165, 1.54) is 114 Å². The Morgan fingerprint density at radius 3 is 1.82 bits per heavy atom. The minimum atomic E-state index is -0.188. The van der Waals surface area contributed by atoms with Gasteiger partial charge in [-0.25, -0.2) is 0 Å². The first-order valence-corrected chi connectivity index (χ1v) is 28.0. The number of benzene rings is 8. The van der Waals surface area contributed by atoms with Crippen molar-refractivity contribution >= 4 is 126 Å². The maximum Gasteiger partial charge on any atom is 0.333 e. The van der Waals surface area contributed by atoms with Crippen molar-refractivity contribution < 1.29 is 8.83 Å². The summed E-state index contributed by atoms with van der Waals surface area (Å²) in [4.78, 5) is 2.69. The molecule has 0 amide bonds. The molecule has 2 aliphatic heterocycles. The summed E-state index contributed by atoms with van der Waals surface area (Å²) < 4.78 is 20.0. The molecule has 0 fully saturated rings. The van der Waals surface area contributed by atoms with Gasteiger partial charge >= 0.3 is 6.85 Å². The zero-order valence-corrected chi connectivity index (χ0v) is 45.4. The van der Waals surface area contributed by atoms with Gasteiger partial charge in [-0.15, -0.1) is 11.3 Å². The van der Waals surface area contributed by atoms with Crippen LogP contribution in [0, 0.1) is 0 Å². The highest BCUT2D eigenvalue weighted by Crippen LogP contribution is 2.56. The average molecular weight is 981 g/mol. The lowest BCUT2D eigenvalue weighted by molar-refractivity contribution is 0.332. The van der Waals surface area contributed by atoms with Crippen LogP contribution in [0.15, 0.2) is 130 Å². The quantitative estimate of drug-likeness (QED) is 0.154. The molecular formula is C68H61BN2O2S. The molecule has 6 heterocycles. The van der Waals surface area contributed by atoms with Crippen LogP contribution >= 0.6 is 11.3 Å². The van der Waals surface area contributed by atoms with Gasteiger partial charge in [0.2, 0.25) is 0 Å². The summed E-state index contributed by atoms with van der Waals surface area (Å²) in [5.41, 5.74) is 22.3. The molecule has 12 aromatic rings. The zero-order valence-electron chi connectivity index (χ0n) is 44.6. The molecule has 4 aromatic heterocycles. The molecule has 2 aliphatic carbocycles. The van der Waals surface area contributed by atoms with Gasteiger partial charge < -0.3 is 18.2 Å². The number of fused-ring (bicyclic) bond motifs is 21. The smallest absolute Gasteiger partial charge is 0.333 e. The molecule has 6 heteroatoms. The van der Waals surface area contributed by atoms with Gasteiger partial charge in [0.05, 0.1) is 16.4 Å². The molecule has 4 aliphatic rings. The van der Waals surface area contributed by atoms with E-state index < -0.39 is 0 Å². The van der Waals surface area contributed by atoms with Gasteiger partial charge in [-0.3, -0.25) is 0 Å². The van der Waals surface area contributed by atoms with Crippen LogP contribution in [-0.2, 0) is 27.1 Å². The number of nitrogens with zero attached hydrogens (tertiary/aromatic N) is 2. The number of hydrogen-bond donors (Lipinski definition) is 0. The van der Waals surface area contributed by atoms with Crippen molar-refractivity contribution in [3.63, 3.8) is 0 Å². The summed E-state index contributed by atoms with van der Waals surface area (Å²) in [7, 11) is 0. The molecule has 8 aromatic carbocycles. The third-order valence-corrected chi connectivity index (χ3v) is 20.4. The van der Waals surface area contributed by atoms with Crippen molar-refractivity contribution in [2.24, 2.45) is 0 Å². The van der Waals surface area contributed by atoms with Crippen LogP contribution in [0.4, 0.5) is 11.4 Å². The van der Waals surface area contributed by atoms with Gasteiger partial charge in [-0.05, 0) is 158 Å². The predicted molar refractivity (Wildman–Crippen MR) is 317 cm³/mol. The molecule has 364 valence electrons. The van der Waals surface area contributed by atoms with E-state index in [4.69, 9.17) is 8.83 Å².